The standard InChI is InChI=1S/C34H67N2/c1-4-7-10-13-16-18-20-23-26-29-34-35(30-27-24-21-15-12-9-6-3)32-33-36(34)31-28-25-22-19-17-14-11-8-5-2/h32-33H,4-31H2,1-3H3/q+1. The highest BCUT2D eigenvalue weighted by Crippen LogP contribution is 2.14. The molecule has 0 saturated heterocycles. The zero-order valence-electron chi connectivity index (χ0n) is 25.3. The molecule has 0 aromatic carbocycles. The van der Waals surface area contributed by atoms with Crippen LogP contribution >= 0.6 is 0 Å². The number of hydrogen-bond acceptors (Lipinski definition) is 0. The molecule has 36 heavy (non-hydrogen) atoms. The lowest BCUT2D eigenvalue weighted by molar-refractivity contribution is -0.704. The summed E-state index contributed by atoms with van der Waals surface area (Å²) in [6.07, 6.45) is 41.4. The summed E-state index contributed by atoms with van der Waals surface area (Å²) < 4.78 is 5.23. The van der Waals surface area contributed by atoms with Gasteiger partial charge < -0.3 is 0 Å². The van der Waals surface area contributed by atoms with E-state index < -0.39 is 0 Å². The Labute approximate surface area is 228 Å². The molecule has 0 radical (unpaired) electrons. The van der Waals surface area contributed by atoms with E-state index in [2.05, 4.69) is 42.3 Å². The second kappa shape index (κ2) is 25.8. The molecule has 0 fully saturated rings. The Bertz CT molecular complexity index is 562. The molecule has 1 aromatic heterocycles. The number of hydrogen-bond donors (Lipinski definition) is 0. The van der Waals surface area contributed by atoms with E-state index in [0.29, 0.717) is 0 Å². The third-order valence-electron chi connectivity index (χ3n) is 8.10. The third-order valence-corrected chi connectivity index (χ3v) is 8.10. The Morgan fingerprint density at radius 2 is 0.861 bits per heavy atom. The predicted octanol–water partition coefficient (Wildman–Crippen LogP) is 11.1. The van der Waals surface area contributed by atoms with Crippen LogP contribution < -0.4 is 4.57 Å². The maximum atomic E-state index is 2.62. The summed E-state index contributed by atoms with van der Waals surface area (Å²) in [5.41, 5.74) is 0. The highest BCUT2D eigenvalue weighted by molar-refractivity contribution is 4.84. The van der Waals surface area contributed by atoms with Crippen LogP contribution in [0.5, 0.6) is 0 Å². The van der Waals surface area contributed by atoms with Crippen molar-refractivity contribution in [3.63, 3.8) is 0 Å². The van der Waals surface area contributed by atoms with E-state index in [0.717, 1.165) is 0 Å². The second-order valence-electron chi connectivity index (χ2n) is 11.6. The summed E-state index contributed by atoms with van der Waals surface area (Å²) in [7, 11) is 0. The van der Waals surface area contributed by atoms with Gasteiger partial charge in [-0.25, -0.2) is 9.13 Å². The topological polar surface area (TPSA) is 8.81 Å². The lowest BCUT2D eigenvalue weighted by atomic mass is 10.1. The summed E-state index contributed by atoms with van der Waals surface area (Å²) in [6, 6.07) is 0. The summed E-state index contributed by atoms with van der Waals surface area (Å²) in [5, 5.41) is 0. The largest absolute Gasteiger partial charge is 0.256 e. The van der Waals surface area contributed by atoms with Gasteiger partial charge in [-0.15, -0.1) is 0 Å². The summed E-state index contributed by atoms with van der Waals surface area (Å²) >= 11 is 0. The van der Waals surface area contributed by atoms with Gasteiger partial charge in [-0.05, 0) is 32.1 Å². The zero-order chi connectivity index (χ0) is 25.9. The second-order valence-corrected chi connectivity index (χ2v) is 11.6. The van der Waals surface area contributed by atoms with E-state index in [1.165, 1.54) is 180 Å². The SMILES string of the molecule is CCCCCCCCCCCc1n(CCCCCCCCCCC)cc[n+]1CCCCCCCCC. The maximum absolute atomic E-state index is 2.62. The average molecular weight is 504 g/mol. The molecule has 1 heterocycles. The highest BCUT2D eigenvalue weighted by Gasteiger charge is 2.16. The fourth-order valence-corrected chi connectivity index (χ4v) is 5.62. The molecule has 2 nitrogen and oxygen atoms in total. The lowest BCUT2D eigenvalue weighted by Crippen LogP contribution is -2.37. The highest BCUT2D eigenvalue weighted by atomic mass is 15.1. The number of imidazole rings is 1. The molecule has 0 aliphatic rings. The van der Waals surface area contributed by atoms with Gasteiger partial charge >= 0.3 is 0 Å². The first kappa shape index (κ1) is 33.2. The summed E-state index contributed by atoms with van der Waals surface area (Å²) in [6.45, 7) is 9.39. The minimum atomic E-state index is 1.23. The van der Waals surface area contributed by atoms with Crippen LogP contribution in [-0.4, -0.2) is 4.57 Å². The van der Waals surface area contributed by atoms with Crippen molar-refractivity contribution in [2.45, 2.75) is 201 Å². The molecule has 0 N–H and O–H groups in total. The molecule has 0 aliphatic carbocycles. The quantitative estimate of drug-likeness (QED) is 0.0794. The number of nitrogens with zero attached hydrogens (tertiary/aromatic N) is 2. The Kier molecular flexibility index (Phi) is 23.9. The van der Waals surface area contributed by atoms with Crippen LogP contribution in [0.1, 0.15) is 187 Å². The first-order chi connectivity index (χ1) is 17.8. The zero-order valence-corrected chi connectivity index (χ0v) is 25.3. The minimum Gasteiger partial charge on any atom is -0.234 e. The van der Waals surface area contributed by atoms with Gasteiger partial charge in [-0.2, -0.15) is 0 Å². The average Bonchev–Trinajstić information content (AvgIpc) is 3.27. The van der Waals surface area contributed by atoms with Gasteiger partial charge in [0, 0.05) is 6.42 Å². The molecule has 1 aromatic rings. The van der Waals surface area contributed by atoms with Gasteiger partial charge in [0.15, 0.2) is 0 Å². The van der Waals surface area contributed by atoms with E-state index in [1.54, 1.807) is 5.82 Å². The molecule has 0 bridgehead atoms. The first-order valence-electron chi connectivity index (χ1n) is 16.9. The fraction of sp³-hybridized carbons (Fsp3) is 0.912. The summed E-state index contributed by atoms with van der Waals surface area (Å²) in [5.74, 6) is 1.61. The van der Waals surface area contributed by atoms with Gasteiger partial charge in [0.05, 0.1) is 13.1 Å². The minimum absolute atomic E-state index is 1.23. The number of unbranched alkanes of at least 4 members (excludes halogenated alkanes) is 22. The van der Waals surface area contributed by atoms with Crippen LogP contribution in [0.4, 0.5) is 0 Å². The van der Waals surface area contributed by atoms with E-state index in [1.807, 2.05) is 0 Å². The van der Waals surface area contributed by atoms with Crippen molar-refractivity contribution in [3.8, 4) is 0 Å². The lowest BCUT2D eigenvalue weighted by Gasteiger charge is -2.07. The number of aryl methyl sites for hydroxylation is 2. The van der Waals surface area contributed by atoms with E-state index in [4.69, 9.17) is 0 Å². The third kappa shape index (κ3) is 18.5. The summed E-state index contributed by atoms with van der Waals surface area (Å²) in [4.78, 5) is 0. The molecule has 0 atom stereocenters. The Morgan fingerprint density at radius 1 is 0.472 bits per heavy atom. The van der Waals surface area contributed by atoms with Crippen LogP contribution in [0.25, 0.3) is 0 Å². The fourth-order valence-electron chi connectivity index (χ4n) is 5.62. The van der Waals surface area contributed by atoms with Gasteiger partial charge in [0.1, 0.15) is 12.4 Å². The number of rotatable bonds is 28. The van der Waals surface area contributed by atoms with Gasteiger partial charge in [0.2, 0.25) is 0 Å². The Balaban J connectivity index is 2.36. The smallest absolute Gasteiger partial charge is 0.234 e. The van der Waals surface area contributed by atoms with Gasteiger partial charge in [0.25, 0.3) is 5.82 Å². The van der Waals surface area contributed by atoms with Gasteiger partial charge in [-0.3, -0.25) is 0 Å². The Morgan fingerprint density at radius 3 is 1.33 bits per heavy atom. The number of aromatic nitrogens is 2. The van der Waals surface area contributed by atoms with Crippen molar-refractivity contribution < 1.29 is 4.57 Å². The van der Waals surface area contributed by atoms with Crippen molar-refractivity contribution >= 4 is 0 Å². The van der Waals surface area contributed by atoms with Crippen molar-refractivity contribution in [2.24, 2.45) is 0 Å². The normalized spacial score (nSPS) is 11.5. The molecule has 1 rings (SSSR count). The molecule has 0 saturated carbocycles. The van der Waals surface area contributed by atoms with E-state index >= 15 is 0 Å². The molecular formula is C34H67N2+. The maximum Gasteiger partial charge on any atom is 0.256 e. The first-order valence-corrected chi connectivity index (χ1v) is 16.9. The van der Waals surface area contributed by atoms with E-state index in [9.17, 15) is 0 Å². The van der Waals surface area contributed by atoms with Gasteiger partial charge in [-0.1, -0.05) is 149 Å². The van der Waals surface area contributed by atoms with Crippen LogP contribution in [0.15, 0.2) is 12.4 Å². The Hall–Kier alpha value is -0.790. The molecular weight excluding hydrogens is 436 g/mol. The molecule has 0 amide bonds. The molecule has 0 spiro atoms. The van der Waals surface area contributed by atoms with Crippen LogP contribution in [0.2, 0.25) is 0 Å². The van der Waals surface area contributed by atoms with Crippen LogP contribution in [0, 0.1) is 0 Å². The molecule has 212 valence electrons. The van der Waals surface area contributed by atoms with Crippen molar-refractivity contribution in [2.75, 3.05) is 0 Å². The molecule has 0 aliphatic heterocycles. The molecule has 2 heteroatoms. The van der Waals surface area contributed by atoms with Crippen LogP contribution in [0.3, 0.4) is 0 Å². The predicted molar refractivity (Wildman–Crippen MR) is 161 cm³/mol. The van der Waals surface area contributed by atoms with Crippen molar-refractivity contribution in [1.29, 1.82) is 0 Å². The monoisotopic (exact) mass is 504 g/mol. The molecule has 0 unspecified atom stereocenters. The van der Waals surface area contributed by atoms with E-state index in [-0.39, 0.29) is 0 Å². The van der Waals surface area contributed by atoms with Crippen molar-refractivity contribution in [3.05, 3.63) is 18.2 Å². The van der Waals surface area contributed by atoms with Crippen LogP contribution in [-0.2, 0) is 19.5 Å². The van der Waals surface area contributed by atoms with Crippen molar-refractivity contribution in [1.82, 2.24) is 4.57 Å².